The summed E-state index contributed by atoms with van der Waals surface area (Å²) in [5.74, 6) is -0.685. The van der Waals surface area contributed by atoms with Gasteiger partial charge in [-0.1, -0.05) is 6.92 Å². The van der Waals surface area contributed by atoms with Gasteiger partial charge in [-0.05, 0) is 13.3 Å². The summed E-state index contributed by atoms with van der Waals surface area (Å²) in [6.45, 7) is 4.97. The van der Waals surface area contributed by atoms with Crippen LogP contribution in [0.25, 0.3) is 0 Å². The average molecular weight is 265 g/mol. The van der Waals surface area contributed by atoms with Crippen molar-refractivity contribution in [3.8, 4) is 0 Å². The molecule has 1 aromatic rings. The largest absolute Gasteiger partial charge is 0.464 e. The van der Waals surface area contributed by atoms with Crippen LogP contribution in [-0.2, 0) is 20.9 Å². The molecule has 1 amide bonds. The van der Waals surface area contributed by atoms with E-state index in [-0.39, 0.29) is 17.8 Å². The van der Waals surface area contributed by atoms with Gasteiger partial charge in [-0.3, -0.25) is 4.79 Å². The van der Waals surface area contributed by atoms with E-state index in [9.17, 15) is 9.59 Å². The van der Waals surface area contributed by atoms with Gasteiger partial charge in [0, 0.05) is 30.8 Å². The van der Waals surface area contributed by atoms with Crippen LogP contribution in [0.4, 0.5) is 0 Å². The summed E-state index contributed by atoms with van der Waals surface area (Å²) >= 11 is 0. The highest BCUT2D eigenvalue weighted by molar-refractivity contribution is 5.90. The first-order valence-electron chi connectivity index (χ1n) is 6.63. The quantitative estimate of drug-likeness (QED) is 0.800. The highest BCUT2D eigenvalue weighted by Gasteiger charge is 2.40. The second kappa shape index (κ2) is 5.86. The predicted octanol–water partition coefficient (Wildman–Crippen LogP) is 0.828. The fraction of sp³-hybridized carbons (Fsp3) is 0.615. The Kier molecular flexibility index (Phi) is 4.19. The summed E-state index contributed by atoms with van der Waals surface area (Å²) in [6, 6.07) is -0.597. The minimum atomic E-state index is -0.597. The number of hydrogen-bond acceptors (Lipinski definition) is 4. The summed E-state index contributed by atoms with van der Waals surface area (Å²) in [6.07, 6.45) is 4.75. The Bertz CT molecular complexity index is 469. The van der Waals surface area contributed by atoms with E-state index >= 15 is 0 Å². The number of aryl methyl sites for hydroxylation is 1. The van der Waals surface area contributed by atoms with Crippen LogP contribution in [0.3, 0.4) is 0 Å². The van der Waals surface area contributed by atoms with Crippen LogP contribution in [0, 0.1) is 0 Å². The Hall–Kier alpha value is -1.85. The maximum atomic E-state index is 11.9. The van der Waals surface area contributed by atoms with Crippen LogP contribution >= 0.6 is 0 Å². The molecule has 0 spiro atoms. The van der Waals surface area contributed by atoms with Gasteiger partial charge in [-0.25, -0.2) is 9.78 Å². The molecule has 19 heavy (non-hydrogen) atoms. The van der Waals surface area contributed by atoms with Gasteiger partial charge in [0.1, 0.15) is 6.04 Å². The van der Waals surface area contributed by atoms with Crippen LogP contribution in [0.2, 0.25) is 0 Å². The molecule has 1 fully saturated rings. The van der Waals surface area contributed by atoms with Crippen LogP contribution in [0.1, 0.15) is 38.3 Å². The lowest BCUT2D eigenvalue weighted by Crippen LogP contribution is -2.38. The molecule has 2 atom stereocenters. The third kappa shape index (κ3) is 2.77. The molecule has 0 aromatic carbocycles. The van der Waals surface area contributed by atoms with Crippen molar-refractivity contribution in [3.05, 3.63) is 18.2 Å². The highest BCUT2D eigenvalue weighted by Crippen LogP contribution is 2.29. The molecule has 0 saturated carbocycles. The molecule has 0 radical (unpaired) electrons. The lowest BCUT2D eigenvalue weighted by atomic mass is 9.97. The van der Waals surface area contributed by atoms with Crippen molar-refractivity contribution in [1.29, 1.82) is 0 Å². The highest BCUT2D eigenvalue weighted by atomic mass is 16.5. The molecule has 1 aliphatic heterocycles. The van der Waals surface area contributed by atoms with E-state index in [1.54, 1.807) is 19.4 Å². The molecule has 2 heterocycles. The third-order valence-electron chi connectivity index (χ3n) is 3.25. The van der Waals surface area contributed by atoms with Crippen molar-refractivity contribution in [3.63, 3.8) is 0 Å². The fourth-order valence-corrected chi connectivity index (χ4v) is 2.45. The van der Waals surface area contributed by atoms with Gasteiger partial charge in [0.15, 0.2) is 0 Å². The molecule has 6 heteroatoms. The van der Waals surface area contributed by atoms with Gasteiger partial charge in [0.25, 0.3) is 0 Å². The first kappa shape index (κ1) is 13.6. The van der Waals surface area contributed by atoms with Gasteiger partial charge >= 0.3 is 5.97 Å². The number of esters is 1. The normalized spacial score (nSPS) is 22.3. The SMILES string of the molecule is CCCn1cncc1C1CC(=O)NC1C(=O)OCC. The number of ether oxygens (including phenoxy) is 1. The van der Waals surface area contributed by atoms with E-state index in [1.165, 1.54) is 0 Å². The maximum Gasteiger partial charge on any atom is 0.329 e. The summed E-state index contributed by atoms with van der Waals surface area (Å²) in [5.41, 5.74) is 0.915. The van der Waals surface area contributed by atoms with Crippen molar-refractivity contribution in [2.45, 2.75) is 45.2 Å². The fourth-order valence-electron chi connectivity index (χ4n) is 2.45. The van der Waals surface area contributed by atoms with Crippen molar-refractivity contribution < 1.29 is 14.3 Å². The topological polar surface area (TPSA) is 73.2 Å². The maximum absolute atomic E-state index is 11.9. The average Bonchev–Trinajstić information content (AvgIpc) is 2.96. The molecule has 1 aromatic heterocycles. The lowest BCUT2D eigenvalue weighted by molar-refractivity contribution is -0.146. The number of amides is 1. The van der Waals surface area contributed by atoms with Crippen molar-refractivity contribution in [2.75, 3.05) is 6.61 Å². The minimum absolute atomic E-state index is 0.118. The van der Waals surface area contributed by atoms with Gasteiger partial charge in [0.05, 0.1) is 12.9 Å². The summed E-state index contributed by atoms with van der Waals surface area (Å²) in [4.78, 5) is 27.6. The second-order valence-electron chi connectivity index (χ2n) is 4.62. The van der Waals surface area contributed by atoms with Crippen LogP contribution < -0.4 is 5.32 Å². The number of imidazole rings is 1. The molecule has 0 aliphatic carbocycles. The molecule has 104 valence electrons. The molecular formula is C13H19N3O3. The zero-order valence-corrected chi connectivity index (χ0v) is 11.3. The Morgan fingerprint density at radius 2 is 2.37 bits per heavy atom. The summed E-state index contributed by atoms with van der Waals surface area (Å²) in [7, 11) is 0. The first-order valence-corrected chi connectivity index (χ1v) is 6.63. The summed E-state index contributed by atoms with van der Waals surface area (Å²) in [5, 5.41) is 2.69. The molecule has 6 nitrogen and oxygen atoms in total. The van der Waals surface area contributed by atoms with Gasteiger partial charge in [-0.2, -0.15) is 0 Å². The van der Waals surface area contributed by atoms with Crippen LogP contribution in [0.5, 0.6) is 0 Å². The molecule has 2 rings (SSSR count). The Labute approximate surface area is 112 Å². The Morgan fingerprint density at radius 1 is 1.58 bits per heavy atom. The Balaban J connectivity index is 2.22. The number of nitrogens with one attached hydrogen (secondary N) is 1. The van der Waals surface area contributed by atoms with Gasteiger partial charge in [0.2, 0.25) is 5.91 Å². The second-order valence-corrected chi connectivity index (χ2v) is 4.62. The lowest BCUT2D eigenvalue weighted by Gasteiger charge is -2.18. The van der Waals surface area contributed by atoms with E-state index in [0.717, 1.165) is 18.7 Å². The third-order valence-corrected chi connectivity index (χ3v) is 3.25. The van der Waals surface area contributed by atoms with Gasteiger partial charge < -0.3 is 14.6 Å². The van der Waals surface area contributed by atoms with E-state index in [1.807, 2.05) is 4.57 Å². The number of aromatic nitrogens is 2. The van der Waals surface area contributed by atoms with Crippen LogP contribution in [-0.4, -0.2) is 34.1 Å². The number of carbonyl (C=O) groups excluding carboxylic acids is 2. The molecule has 1 saturated heterocycles. The molecule has 1 N–H and O–H groups in total. The molecule has 1 aliphatic rings. The van der Waals surface area contributed by atoms with E-state index in [0.29, 0.717) is 13.0 Å². The molecule has 0 bridgehead atoms. The molecule has 2 unspecified atom stereocenters. The molecular weight excluding hydrogens is 246 g/mol. The summed E-state index contributed by atoms with van der Waals surface area (Å²) < 4.78 is 7.02. The minimum Gasteiger partial charge on any atom is -0.464 e. The van der Waals surface area contributed by atoms with Crippen molar-refractivity contribution in [1.82, 2.24) is 14.9 Å². The monoisotopic (exact) mass is 265 g/mol. The Morgan fingerprint density at radius 3 is 3.05 bits per heavy atom. The standard InChI is InChI=1S/C13H19N3O3/c1-3-5-16-8-14-7-10(16)9-6-11(17)15-12(9)13(18)19-4-2/h7-9,12H,3-6H2,1-2H3,(H,15,17). The number of rotatable bonds is 5. The van der Waals surface area contributed by atoms with Gasteiger partial charge in [-0.15, -0.1) is 0 Å². The number of nitrogens with zero attached hydrogens (tertiary/aromatic N) is 2. The predicted molar refractivity (Wildman–Crippen MR) is 68.4 cm³/mol. The zero-order valence-electron chi connectivity index (χ0n) is 11.3. The zero-order chi connectivity index (χ0) is 13.8. The van der Waals surface area contributed by atoms with Crippen LogP contribution in [0.15, 0.2) is 12.5 Å². The van der Waals surface area contributed by atoms with E-state index in [4.69, 9.17) is 4.74 Å². The number of carbonyl (C=O) groups is 2. The van der Waals surface area contributed by atoms with Crippen molar-refractivity contribution in [2.24, 2.45) is 0 Å². The first-order chi connectivity index (χ1) is 9.17. The number of hydrogen-bond donors (Lipinski definition) is 1. The smallest absolute Gasteiger partial charge is 0.329 e. The van der Waals surface area contributed by atoms with Crippen molar-refractivity contribution >= 4 is 11.9 Å². The van der Waals surface area contributed by atoms with E-state index in [2.05, 4.69) is 17.2 Å². The van der Waals surface area contributed by atoms with E-state index < -0.39 is 6.04 Å².